The summed E-state index contributed by atoms with van der Waals surface area (Å²) in [6, 6.07) is 8.35. The second-order valence-corrected chi connectivity index (χ2v) is 7.05. The summed E-state index contributed by atoms with van der Waals surface area (Å²) < 4.78 is 0. The first-order valence-electron chi connectivity index (χ1n) is 8.15. The smallest absolute Gasteiger partial charge is 0.185 e. The fourth-order valence-electron chi connectivity index (χ4n) is 2.64. The van der Waals surface area contributed by atoms with Crippen molar-refractivity contribution in [2.45, 2.75) is 39.0 Å². The molecular formula is C19H24N2OS. The van der Waals surface area contributed by atoms with Gasteiger partial charge in [-0.05, 0) is 73.4 Å². The molecular weight excluding hydrogens is 304 g/mol. The predicted octanol–water partition coefficient (Wildman–Crippen LogP) is 4.33. The first-order chi connectivity index (χ1) is 11.2. The van der Waals surface area contributed by atoms with Crippen molar-refractivity contribution in [3.8, 4) is 0 Å². The van der Waals surface area contributed by atoms with Gasteiger partial charge in [0.15, 0.2) is 5.12 Å². The molecule has 0 aliphatic carbocycles. The average Bonchev–Trinajstić information content (AvgIpc) is 2.58. The van der Waals surface area contributed by atoms with Crippen LogP contribution in [0.5, 0.6) is 0 Å². The van der Waals surface area contributed by atoms with E-state index in [9.17, 15) is 4.79 Å². The Morgan fingerprint density at radius 2 is 1.39 bits per heavy atom. The third-order valence-electron chi connectivity index (χ3n) is 4.01. The molecule has 0 aliphatic heterocycles. The lowest BCUT2D eigenvalue weighted by molar-refractivity contribution is -0.109. The molecule has 0 spiro atoms. The van der Waals surface area contributed by atoms with Crippen LogP contribution in [0.1, 0.15) is 37.3 Å². The van der Waals surface area contributed by atoms with Crippen LogP contribution in [-0.2, 0) is 17.6 Å². The van der Waals surface area contributed by atoms with E-state index in [0.29, 0.717) is 5.92 Å². The van der Waals surface area contributed by atoms with E-state index >= 15 is 0 Å². The third kappa shape index (κ3) is 7.42. The van der Waals surface area contributed by atoms with E-state index in [1.165, 1.54) is 22.9 Å². The van der Waals surface area contributed by atoms with Crippen molar-refractivity contribution in [1.29, 1.82) is 0 Å². The lowest BCUT2D eigenvalue weighted by Gasteiger charge is -2.16. The second kappa shape index (κ2) is 10.2. The third-order valence-corrected chi connectivity index (χ3v) is 4.86. The number of carbonyl (C=O) groups excluding carboxylic acids is 1. The van der Waals surface area contributed by atoms with Crippen LogP contribution in [-0.4, -0.2) is 20.8 Å². The van der Waals surface area contributed by atoms with Gasteiger partial charge in [0.1, 0.15) is 0 Å². The number of thioether (sulfide) groups is 1. The second-order valence-electron chi connectivity index (χ2n) is 5.78. The van der Waals surface area contributed by atoms with Crippen LogP contribution < -0.4 is 0 Å². The van der Waals surface area contributed by atoms with Crippen molar-refractivity contribution in [2.24, 2.45) is 5.92 Å². The van der Waals surface area contributed by atoms with E-state index in [2.05, 4.69) is 34.2 Å². The zero-order valence-electron chi connectivity index (χ0n) is 13.6. The summed E-state index contributed by atoms with van der Waals surface area (Å²) in [7, 11) is 0. The van der Waals surface area contributed by atoms with E-state index in [4.69, 9.17) is 0 Å². The van der Waals surface area contributed by atoms with Crippen molar-refractivity contribution in [3.05, 3.63) is 60.2 Å². The molecule has 0 aromatic carbocycles. The molecule has 0 amide bonds. The zero-order valence-corrected chi connectivity index (χ0v) is 14.5. The quantitative estimate of drug-likeness (QED) is 0.687. The number of nitrogens with zero attached hydrogens (tertiary/aromatic N) is 2. The largest absolute Gasteiger partial charge is 0.288 e. The van der Waals surface area contributed by atoms with Gasteiger partial charge in [-0.2, -0.15) is 0 Å². The molecule has 0 fully saturated rings. The first-order valence-corrected chi connectivity index (χ1v) is 9.14. The number of aromatic nitrogens is 2. The van der Waals surface area contributed by atoms with Crippen LogP contribution >= 0.6 is 11.8 Å². The van der Waals surface area contributed by atoms with Gasteiger partial charge in [0.25, 0.3) is 0 Å². The van der Waals surface area contributed by atoms with Gasteiger partial charge < -0.3 is 0 Å². The molecule has 4 heteroatoms. The molecule has 23 heavy (non-hydrogen) atoms. The highest BCUT2D eigenvalue weighted by Crippen LogP contribution is 2.22. The Labute approximate surface area is 142 Å². The van der Waals surface area contributed by atoms with Crippen LogP contribution in [0, 0.1) is 5.92 Å². The summed E-state index contributed by atoms with van der Waals surface area (Å²) in [4.78, 5) is 19.3. The van der Waals surface area contributed by atoms with Gasteiger partial charge in [0, 0.05) is 37.5 Å². The first kappa shape index (κ1) is 17.7. The van der Waals surface area contributed by atoms with Crippen molar-refractivity contribution < 1.29 is 4.79 Å². The fraction of sp³-hybridized carbons (Fsp3) is 0.421. The van der Waals surface area contributed by atoms with Crippen molar-refractivity contribution >= 4 is 16.9 Å². The minimum Gasteiger partial charge on any atom is -0.288 e. The Bertz CT molecular complexity index is 531. The summed E-state index contributed by atoms with van der Waals surface area (Å²) >= 11 is 1.44. The minimum atomic E-state index is 0.215. The van der Waals surface area contributed by atoms with Gasteiger partial charge in [-0.15, -0.1) is 0 Å². The van der Waals surface area contributed by atoms with E-state index < -0.39 is 0 Å². The molecule has 0 atom stereocenters. The van der Waals surface area contributed by atoms with Gasteiger partial charge in [0.05, 0.1) is 0 Å². The number of hydrogen-bond acceptors (Lipinski definition) is 4. The van der Waals surface area contributed by atoms with Crippen LogP contribution in [0.3, 0.4) is 0 Å². The Morgan fingerprint density at radius 3 is 1.83 bits per heavy atom. The lowest BCUT2D eigenvalue weighted by atomic mass is 9.91. The minimum absolute atomic E-state index is 0.215. The highest BCUT2D eigenvalue weighted by Gasteiger charge is 2.10. The number of pyridine rings is 2. The van der Waals surface area contributed by atoms with Crippen LogP contribution in [0.25, 0.3) is 0 Å². The van der Waals surface area contributed by atoms with Gasteiger partial charge in [-0.3, -0.25) is 14.8 Å². The number of carbonyl (C=O) groups is 1. The topological polar surface area (TPSA) is 42.9 Å². The maximum Gasteiger partial charge on any atom is 0.185 e. The molecule has 2 aromatic rings. The predicted molar refractivity (Wildman–Crippen MR) is 96.4 cm³/mol. The highest BCUT2D eigenvalue weighted by molar-refractivity contribution is 8.13. The Morgan fingerprint density at radius 1 is 0.913 bits per heavy atom. The van der Waals surface area contributed by atoms with E-state index in [-0.39, 0.29) is 5.12 Å². The van der Waals surface area contributed by atoms with Gasteiger partial charge in [-0.25, -0.2) is 0 Å². The molecule has 0 aliphatic rings. The Balaban J connectivity index is 1.84. The summed E-state index contributed by atoms with van der Waals surface area (Å²) in [5, 5.41) is 0.215. The number of hydrogen-bond donors (Lipinski definition) is 0. The molecule has 2 heterocycles. The summed E-state index contributed by atoms with van der Waals surface area (Å²) in [6.07, 6.45) is 13.0. The standard InChI is InChI=1S/C19H24N2OS/c1-16(22)23-15-10-17(2-4-18-6-11-20-12-7-18)3-5-19-8-13-21-14-9-19/h6-9,11-14,17H,2-5,10,15H2,1H3. The maximum absolute atomic E-state index is 11.1. The summed E-state index contributed by atoms with van der Waals surface area (Å²) in [5.41, 5.74) is 2.68. The molecule has 0 saturated heterocycles. The molecule has 0 radical (unpaired) electrons. The van der Waals surface area contributed by atoms with Crippen LogP contribution in [0.2, 0.25) is 0 Å². The molecule has 0 saturated carbocycles. The van der Waals surface area contributed by atoms with Crippen molar-refractivity contribution in [3.63, 3.8) is 0 Å². The van der Waals surface area contributed by atoms with E-state index in [1.54, 1.807) is 6.92 Å². The SMILES string of the molecule is CC(=O)SCCC(CCc1ccncc1)CCc1ccncc1. The van der Waals surface area contributed by atoms with Gasteiger partial charge >= 0.3 is 0 Å². The summed E-state index contributed by atoms with van der Waals surface area (Å²) in [6.45, 7) is 1.65. The summed E-state index contributed by atoms with van der Waals surface area (Å²) in [5.74, 6) is 1.57. The Hall–Kier alpha value is -1.68. The van der Waals surface area contributed by atoms with Crippen LogP contribution in [0.4, 0.5) is 0 Å². The maximum atomic E-state index is 11.1. The van der Waals surface area contributed by atoms with E-state index in [1.807, 2.05) is 24.8 Å². The highest BCUT2D eigenvalue weighted by atomic mass is 32.2. The molecule has 122 valence electrons. The number of rotatable bonds is 9. The molecule has 2 aromatic heterocycles. The molecule has 0 unspecified atom stereocenters. The van der Waals surface area contributed by atoms with Crippen molar-refractivity contribution in [2.75, 3.05) is 5.75 Å². The Kier molecular flexibility index (Phi) is 7.81. The number of aryl methyl sites for hydroxylation is 2. The van der Waals surface area contributed by atoms with Gasteiger partial charge in [0.2, 0.25) is 0 Å². The fourth-order valence-corrected chi connectivity index (χ4v) is 3.38. The monoisotopic (exact) mass is 328 g/mol. The molecule has 0 bridgehead atoms. The lowest BCUT2D eigenvalue weighted by Crippen LogP contribution is -2.07. The van der Waals surface area contributed by atoms with E-state index in [0.717, 1.165) is 37.9 Å². The molecule has 2 rings (SSSR count). The van der Waals surface area contributed by atoms with Crippen molar-refractivity contribution in [1.82, 2.24) is 9.97 Å². The zero-order chi connectivity index (χ0) is 16.3. The molecule has 0 N–H and O–H groups in total. The normalized spacial score (nSPS) is 10.9. The van der Waals surface area contributed by atoms with Crippen LogP contribution in [0.15, 0.2) is 49.1 Å². The average molecular weight is 328 g/mol. The van der Waals surface area contributed by atoms with Gasteiger partial charge in [-0.1, -0.05) is 11.8 Å². The molecule has 3 nitrogen and oxygen atoms in total.